The second-order valence-corrected chi connectivity index (χ2v) is 9.91. The minimum atomic E-state index is -3.86. The van der Waals surface area contributed by atoms with Gasteiger partial charge in [-0.25, -0.2) is 4.31 Å². The first-order valence-corrected chi connectivity index (χ1v) is 11.6. The molecular formula is C23H33N3O4S. The molecule has 31 heavy (non-hydrogen) atoms. The number of benzene rings is 2. The molecule has 0 aliphatic carbocycles. The summed E-state index contributed by atoms with van der Waals surface area (Å²) in [6.45, 7) is 7.34. The Morgan fingerprint density at radius 1 is 1.06 bits per heavy atom. The Morgan fingerprint density at radius 3 is 2.29 bits per heavy atom. The predicted octanol–water partition coefficient (Wildman–Crippen LogP) is 3.50. The summed E-state index contributed by atoms with van der Waals surface area (Å²) >= 11 is 0. The zero-order chi connectivity index (χ0) is 23.3. The van der Waals surface area contributed by atoms with Gasteiger partial charge >= 0.3 is 10.2 Å². The Hall–Kier alpha value is -2.58. The molecule has 2 aromatic carbocycles. The van der Waals surface area contributed by atoms with E-state index in [0.29, 0.717) is 12.1 Å². The van der Waals surface area contributed by atoms with E-state index in [-0.39, 0.29) is 18.5 Å². The van der Waals surface area contributed by atoms with Gasteiger partial charge in [0.15, 0.2) is 0 Å². The fraction of sp³-hybridized carbons (Fsp3) is 0.435. The van der Waals surface area contributed by atoms with Gasteiger partial charge in [0.1, 0.15) is 12.3 Å². The van der Waals surface area contributed by atoms with Crippen LogP contribution in [0.15, 0.2) is 36.4 Å². The predicted molar refractivity (Wildman–Crippen MR) is 125 cm³/mol. The van der Waals surface area contributed by atoms with Gasteiger partial charge in [0.2, 0.25) is 5.91 Å². The third-order valence-corrected chi connectivity index (χ3v) is 7.03. The number of hydrogen-bond acceptors (Lipinski definition) is 4. The molecule has 0 spiro atoms. The molecule has 1 atom stereocenters. The van der Waals surface area contributed by atoms with Crippen LogP contribution in [0.5, 0.6) is 5.75 Å². The van der Waals surface area contributed by atoms with Crippen molar-refractivity contribution in [2.24, 2.45) is 0 Å². The van der Waals surface area contributed by atoms with E-state index in [1.165, 1.54) is 14.1 Å². The molecule has 1 N–H and O–H groups in total. The van der Waals surface area contributed by atoms with Gasteiger partial charge in [0.25, 0.3) is 0 Å². The summed E-state index contributed by atoms with van der Waals surface area (Å²) in [6, 6.07) is 11.1. The van der Waals surface area contributed by atoms with E-state index in [4.69, 9.17) is 4.74 Å². The summed E-state index contributed by atoms with van der Waals surface area (Å²) in [5.74, 6) is 0.412. The van der Waals surface area contributed by atoms with Crippen molar-refractivity contribution in [2.45, 2.75) is 40.2 Å². The van der Waals surface area contributed by atoms with E-state index in [0.717, 1.165) is 36.6 Å². The first kappa shape index (κ1) is 24.7. The smallest absolute Gasteiger partial charge is 0.304 e. The SMILES string of the molecule is CC[C@@H](NC(=O)CN(c1cc(C)ccc1C)S(=O)(=O)N(C)C)c1ccc(OC)c(C)c1. The van der Waals surface area contributed by atoms with Gasteiger partial charge in [0.05, 0.1) is 18.8 Å². The van der Waals surface area contributed by atoms with Gasteiger partial charge in [-0.3, -0.25) is 4.79 Å². The molecule has 0 unspecified atom stereocenters. The second-order valence-electron chi connectivity index (χ2n) is 7.84. The molecule has 0 aliphatic rings. The molecule has 2 aromatic rings. The maximum Gasteiger partial charge on any atom is 0.304 e. The molecule has 0 bridgehead atoms. The molecule has 0 aromatic heterocycles. The summed E-state index contributed by atoms with van der Waals surface area (Å²) in [5, 5.41) is 2.99. The lowest BCUT2D eigenvalue weighted by Gasteiger charge is -2.29. The van der Waals surface area contributed by atoms with E-state index in [9.17, 15) is 13.2 Å². The summed E-state index contributed by atoms with van der Waals surface area (Å²) in [4.78, 5) is 13.0. The molecule has 0 aliphatic heterocycles. The highest BCUT2D eigenvalue weighted by atomic mass is 32.2. The van der Waals surface area contributed by atoms with Crippen LogP contribution in [0, 0.1) is 20.8 Å². The van der Waals surface area contributed by atoms with Gasteiger partial charge < -0.3 is 10.1 Å². The Kier molecular flexibility index (Phi) is 8.08. The first-order chi connectivity index (χ1) is 14.5. The fourth-order valence-electron chi connectivity index (χ4n) is 3.39. The number of rotatable bonds is 9. The van der Waals surface area contributed by atoms with Crippen molar-refractivity contribution in [3.05, 3.63) is 58.7 Å². The Labute approximate surface area is 186 Å². The molecule has 0 fully saturated rings. The zero-order valence-electron chi connectivity index (χ0n) is 19.4. The number of nitrogens with one attached hydrogen (secondary N) is 1. The summed E-state index contributed by atoms with van der Waals surface area (Å²) < 4.78 is 33.6. The largest absolute Gasteiger partial charge is 0.496 e. The number of carbonyl (C=O) groups is 1. The maximum absolute atomic E-state index is 13.0. The topological polar surface area (TPSA) is 79.0 Å². The van der Waals surface area contributed by atoms with Crippen LogP contribution in [0.25, 0.3) is 0 Å². The average Bonchev–Trinajstić information content (AvgIpc) is 2.71. The highest BCUT2D eigenvalue weighted by molar-refractivity contribution is 7.90. The highest BCUT2D eigenvalue weighted by Gasteiger charge is 2.29. The van der Waals surface area contributed by atoms with Crippen LogP contribution in [0.1, 0.15) is 41.6 Å². The molecule has 0 saturated heterocycles. The van der Waals surface area contributed by atoms with Gasteiger partial charge in [-0.2, -0.15) is 12.7 Å². The standard InChI is InChI=1S/C23H33N3O4S/c1-8-20(19-11-12-22(30-7)18(4)14-19)24-23(27)15-26(31(28,29)25(5)6)21-13-16(2)9-10-17(21)3/h9-14,20H,8,15H2,1-7H3,(H,24,27)/t20-/m1/s1. The summed E-state index contributed by atoms with van der Waals surface area (Å²) in [7, 11) is 0.677. The Balaban J connectivity index is 2.33. The lowest BCUT2D eigenvalue weighted by Crippen LogP contribution is -2.46. The van der Waals surface area contributed by atoms with Gasteiger partial charge in [-0.1, -0.05) is 31.2 Å². The number of carbonyl (C=O) groups excluding carboxylic acids is 1. The van der Waals surface area contributed by atoms with Crippen LogP contribution in [0.3, 0.4) is 0 Å². The maximum atomic E-state index is 13.0. The summed E-state index contributed by atoms with van der Waals surface area (Å²) in [6.07, 6.45) is 0.668. The van der Waals surface area contributed by atoms with E-state index in [1.807, 2.05) is 58.0 Å². The van der Waals surface area contributed by atoms with Gasteiger partial charge in [0, 0.05) is 14.1 Å². The third-order valence-electron chi connectivity index (χ3n) is 5.23. The number of amides is 1. The van der Waals surface area contributed by atoms with Crippen molar-refractivity contribution in [3.8, 4) is 5.75 Å². The van der Waals surface area contributed by atoms with Crippen molar-refractivity contribution < 1.29 is 17.9 Å². The number of ether oxygens (including phenoxy) is 1. The van der Waals surface area contributed by atoms with E-state index < -0.39 is 10.2 Å². The number of aryl methyl sites for hydroxylation is 3. The molecular weight excluding hydrogens is 414 g/mol. The van der Waals surface area contributed by atoms with Crippen molar-refractivity contribution in [3.63, 3.8) is 0 Å². The monoisotopic (exact) mass is 447 g/mol. The summed E-state index contributed by atoms with van der Waals surface area (Å²) in [5.41, 5.74) is 4.11. The van der Waals surface area contributed by atoms with Crippen molar-refractivity contribution in [1.82, 2.24) is 9.62 Å². The Bertz CT molecular complexity index is 1040. The number of anilines is 1. The van der Waals surface area contributed by atoms with Crippen LogP contribution >= 0.6 is 0 Å². The fourth-order valence-corrected chi connectivity index (χ4v) is 4.51. The molecule has 0 radical (unpaired) electrons. The van der Waals surface area contributed by atoms with Crippen LogP contribution in [0.2, 0.25) is 0 Å². The zero-order valence-corrected chi connectivity index (χ0v) is 20.2. The molecule has 1 amide bonds. The lowest BCUT2D eigenvalue weighted by molar-refractivity contribution is -0.120. The third kappa shape index (κ3) is 5.77. The van der Waals surface area contributed by atoms with Gasteiger partial charge in [-0.05, 0) is 61.6 Å². The van der Waals surface area contributed by atoms with Crippen molar-refractivity contribution >= 4 is 21.8 Å². The second kappa shape index (κ2) is 10.2. The average molecular weight is 448 g/mol. The normalized spacial score (nSPS) is 12.5. The van der Waals surface area contributed by atoms with E-state index in [2.05, 4.69) is 5.32 Å². The molecule has 0 saturated carbocycles. The van der Waals surface area contributed by atoms with Crippen molar-refractivity contribution in [1.29, 1.82) is 0 Å². The van der Waals surface area contributed by atoms with Crippen molar-refractivity contribution in [2.75, 3.05) is 32.1 Å². The molecule has 8 heteroatoms. The molecule has 7 nitrogen and oxygen atoms in total. The number of nitrogens with zero attached hydrogens (tertiary/aromatic N) is 2. The first-order valence-electron chi connectivity index (χ1n) is 10.2. The molecule has 2 rings (SSSR count). The quantitative estimate of drug-likeness (QED) is 0.638. The molecule has 0 heterocycles. The number of methoxy groups -OCH3 is 1. The molecule has 170 valence electrons. The van der Waals surface area contributed by atoms with Gasteiger partial charge in [-0.15, -0.1) is 0 Å². The lowest BCUT2D eigenvalue weighted by atomic mass is 10.0. The van der Waals surface area contributed by atoms with E-state index >= 15 is 0 Å². The minimum Gasteiger partial charge on any atom is -0.496 e. The van der Waals surface area contributed by atoms with E-state index in [1.54, 1.807) is 13.2 Å². The highest BCUT2D eigenvalue weighted by Crippen LogP contribution is 2.26. The van der Waals surface area contributed by atoms with Crippen LogP contribution in [-0.2, 0) is 15.0 Å². The van der Waals surface area contributed by atoms with Crippen LogP contribution in [-0.4, -0.2) is 46.4 Å². The number of hydrogen-bond donors (Lipinski definition) is 1. The Morgan fingerprint density at radius 2 is 1.74 bits per heavy atom. The van der Waals surface area contributed by atoms with Crippen LogP contribution < -0.4 is 14.4 Å². The minimum absolute atomic E-state index is 0.236. The van der Waals surface area contributed by atoms with Crippen LogP contribution in [0.4, 0.5) is 5.69 Å².